The van der Waals surface area contributed by atoms with E-state index in [9.17, 15) is 22.4 Å². The van der Waals surface area contributed by atoms with Gasteiger partial charge in [0.25, 0.3) is 5.91 Å². The molecule has 3 aromatic rings. The third-order valence-corrected chi connectivity index (χ3v) is 3.98. The summed E-state index contributed by atoms with van der Waals surface area (Å²) in [6.45, 7) is 1.38. The Morgan fingerprint density at radius 1 is 1.27 bits per heavy atom. The average molecular weight is 387 g/mol. The van der Waals surface area contributed by atoms with Crippen LogP contribution in [0.2, 0.25) is 5.02 Å². The molecule has 0 radical (unpaired) electrons. The first-order valence-electron chi connectivity index (χ1n) is 7.31. The highest BCUT2D eigenvalue weighted by Gasteiger charge is 2.32. The van der Waals surface area contributed by atoms with Crippen molar-refractivity contribution in [2.75, 3.05) is 0 Å². The van der Waals surface area contributed by atoms with Crippen molar-refractivity contribution < 1.29 is 22.4 Å². The predicted octanol–water partition coefficient (Wildman–Crippen LogP) is 3.78. The van der Waals surface area contributed by atoms with E-state index in [0.717, 1.165) is 22.7 Å². The second-order valence-electron chi connectivity index (χ2n) is 5.53. The number of fused-ring (bicyclic) bond motifs is 1. The van der Waals surface area contributed by atoms with Crippen molar-refractivity contribution in [2.24, 2.45) is 0 Å². The van der Waals surface area contributed by atoms with Gasteiger partial charge in [0.05, 0.1) is 17.1 Å². The molecule has 26 heavy (non-hydrogen) atoms. The van der Waals surface area contributed by atoms with Crippen LogP contribution in [0.5, 0.6) is 0 Å². The van der Waals surface area contributed by atoms with Crippen LogP contribution in [0.25, 0.3) is 5.65 Å². The summed E-state index contributed by atoms with van der Waals surface area (Å²) in [4.78, 5) is 12.2. The van der Waals surface area contributed by atoms with E-state index in [4.69, 9.17) is 11.6 Å². The molecule has 0 unspecified atom stereocenters. The van der Waals surface area contributed by atoms with Gasteiger partial charge in [-0.05, 0) is 36.8 Å². The fourth-order valence-corrected chi connectivity index (χ4v) is 2.66. The highest BCUT2D eigenvalue weighted by molar-refractivity contribution is 6.33. The molecule has 0 aliphatic heterocycles. The van der Waals surface area contributed by atoms with Gasteiger partial charge in [-0.2, -0.15) is 13.2 Å². The van der Waals surface area contributed by atoms with Gasteiger partial charge in [-0.25, -0.2) is 4.39 Å². The van der Waals surface area contributed by atoms with E-state index < -0.39 is 23.5 Å². The average Bonchev–Trinajstić information content (AvgIpc) is 2.95. The van der Waals surface area contributed by atoms with Gasteiger partial charge in [-0.1, -0.05) is 11.6 Å². The summed E-state index contributed by atoms with van der Waals surface area (Å²) in [7, 11) is 0. The van der Waals surface area contributed by atoms with E-state index >= 15 is 0 Å². The molecule has 0 fully saturated rings. The lowest BCUT2D eigenvalue weighted by Gasteiger charge is -2.10. The van der Waals surface area contributed by atoms with Crippen LogP contribution in [0.4, 0.5) is 17.6 Å². The standard InChI is InChI=1S/C16H11ClF4N4O/c1-8-4-10(18)2-3-11(8)15(26)22-6-13-23-24-14-12(17)5-9(7-25(13)14)16(19,20)21/h2-5,7H,6H2,1H3,(H,22,26). The van der Waals surface area contributed by atoms with E-state index in [1.54, 1.807) is 6.92 Å². The molecule has 2 aromatic heterocycles. The second-order valence-corrected chi connectivity index (χ2v) is 5.93. The monoisotopic (exact) mass is 386 g/mol. The quantitative estimate of drug-likeness (QED) is 0.697. The molecular weight excluding hydrogens is 376 g/mol. The number of carbonyl (C=O) groups excluding carboxylic acids is 1. The van der Waals surface area contributed by atoms with Crippen molar-refractivity contribution in [1.29, 1.82) is 0 Å². The lowest BCUT2D eigenvalue weighted by Crippen LogP contribution is -2.25. The zero-order chi connectivity index (χ0) is 19.1. The van der Waals surface area contributed by atoms with Gasteiger partial charge in [-0.15, -0.1) is 10.2 Å². The fraction of sp³-hybridized carbons (Fsp3) is 0.188. The maximum Gasteiger partial charge on any atom is 0.417 e. The summed E-state index contributed by atoms with van der Waals surface area (Å²) in [5.41, 5.74) is -0.246. The molecule has 0 aliphatic rings. The highest BCUT2D eigenvalue weighted by atomic mass is 35.5. The minimum atomic E-state index is -4.59. The number of nitrogens with one attached hydrogen (secondary N) is 1. The van der Waals surface area contributed by atoms with Gasteiger partial charge in [0, 0.05) is 11.8 Å². The molecular formula is C16H11ClF4N4O. The smallest absolute Gasteiger partial charge is 0.345 e. The molecule has 2 heterocycles. The third kappa shape index (κ3) is 3.48. The molecule has 1 aromatic carbocycles. The van der Waals surface area contributed by atoms with Crippen LogP contribution in [0.1, 0.15) is 27.3 Å². The first kappa shape index (κ1) is 18.1. The summed E-state index contributed by atoms with van der Waals surface area (Å²) in [6, 6.07) is 4.43. The van der Waals surface area contributed by atoms with Crippen LogP contribution in [-0.4, -0.2) is 20.5 Å². The number of pyridine rings is 1. The van der Waals surface area contributed by atoms with Crippen molar-refractivity contribution in [3.63, 3.8) is 0 Å². The van der Waals surface area contributed by atoms with Gasteiger partial charge in [0.2, 0.25) is 0 Å². The minimum Gasteiger partial charge on any atom is -0.345 e. The predicted molar refractivity (Wildman–Crippen MR) is 85.3 cm³/mol. The summed E-state index contributed by atoms with van der Waals surface area (Å²) in [5, 5.41) is 9.82. The Bertz CT molecular complexity index is 1000. The molecule has 0 aliphatic carbocycles. The Hall–Kier alpha value is -2.68. The lowest BCUT2D eigenvalue weighted by molar-refractivity contribution is -0.137. The summed E-state index contributed by atoms with van der Waals surface area (Å²) in [5.74, 6) is -0.921. The number of aromatic nitrogens is 3. The zero-order valence-corrected chi connectivity index (χ0v) is 14.0. The number of rotatable bonds is 3. The molecule has 0 spiro atoms. The Morgan fingerprint density at radius 3 is 2.65 bits per heavy atom. The Kier molecular flexibility index (Phi) is 4.57. The van der Waals surface area contributed by atoms with Crippen molar-refractivity contribution >= 4 is 23.2 Å². The molecule has 1 amide bonds. The normalized spacial score (nSPS) is 11.8. The number of aryl methyl sites for hydroxylation is 1. The van der Waals surface area contributed by atoms with Crippen LogP contribution >= 0.6 is 11.6 Å². The number of halogens is 5. The minimum absolute atomic E-state index is 0.0434. The number of hydrogen-bond acceptors (Lipinski definition) is 3. The van der Waals surface area contributed by atoms with Crippen LogP contribution in [-0.2, 0) is 12.7 Å². The molecule has 0 bridgehead atoms. The van der Waals surface area contributed by atoms with Crippen LogP contribution in [0.3, 0.4) is 0 Å². The number of hydrogen-bond donors (Lipinski definition) is 1. The van der Waals surface area contributed by atoms with Crippen LogP contribution in [0.15, 0.2) is 30.5 Å². The number of nitrogens with zero attached hydrogens (tertiary/aromatic N) is 3. The SMILES string of the molecule is Cc1cc(F)ccc1C(=O)NCc1nnc2c(Cl)cc(C(F)(F)F)cn12. The van der Waals surface area contributed by atoms with Crippen molar-refractivity contribution in [1.82, 2.24) is 19.9 Å². The van der Waals surface area contributed by atoms with Gasteiger partial charge in [0.1, 0.15) is 5.82 Å². The molecule has 0 atom stereocenters. The van der Waals surface area contributed by atoms with Gasteiger partial charge < -0.3 is 5.32 Å². The van der Waals surface area contributed by atoms with E-state index in [1.165, 1.54) is 12.1 Å². The number of carbonyl (C=O) groups is 1. The summed E-state index contributed by atoms with van der Waals surface area (Å²) in [6.07, 6.45) is -3.78. The van der Waals surface area contributed by atoms with Crippen molar-refractivity contribution in [2.45, 2.75) is 19.6 Å². The van der Waals surface area contributed by atoms with Gasteiger partial charge >= 0.3 is 6.18 Å². The topological polar surface area (TPSA) is 59.3 Å². The van der Waals surface area contributed by atoms with Gasteiger partial charge in [0.15, 0.2) is 11.5 Å². The van der Waals surface area contributed by atoms with E-state index in [1.807, 2.05) is 0 Å². The molecule has 10 heteroatoms. The van der Waals surface area contributed by atoms with Crippen LogP contribution < -0.4 is 5.32 Å². The highest BCUT2D eigenvalue weighted by Crippen LogP contribution is 2.32. The Balaban J connectivity index is 1.87. The summed E-state index contributed by atoms with van der Waals surface area (Å²) >= 11 is 5.83. The fourth-order valence-electron chi connectivity index (χ4n) is 2.41. The molecule has 0 saturated carbocycles. The van der Waals surface area contributed by atoms with E-state index in [-0.39, 0.29) is 28.6 Å². The molecule has 5 nitrogen and oxygen atoms in total. The number of alkyl halides is 3. The number of benzene rings is 1. The van der Waals surface area contributed by atoms with E-state index in [0.29, 0.717) is 5.56 Å². The number of amides is 1. The molecule has 136 valence electrons. The Morgan fingerprint density at radius 2 is 2.00 bits per heavy atom. The Labute approximate surface area is 149 Å². The third-order valence-electron chi connectivity index (χ3n) is 3.70. The summed E-state index contributed by atoms with van der Waals surface area (Å²) < 4.78 is 53.0. The van der Waals surface area contributed by atoms with E-state index in [2.05, 4.69) is 15.5 Å². The van der Waals surface area contributed by atoms with Crippen LogP contribution in [0, 0.1) is 12.7 Å². The zero-order valence-electron chi connectivity index (χ0n) is 13.2. The maximum absolute atomic E-state index is 13.1. The molecule has 1 N–H and O–H groups in total. The largest absolute Gasteiger partial charge is 0.417 e. The molecule has 3 rings (SSSR count). The van der Waals surface area contributed by atoms with Gasteiger partial charge in [-0.3, -0.25) is 9.20 Å². The van der Waals surface area contributed by atoms with Crippen molar-refractivity contribution in [3.8, 4) is 0 Å². The first-order valence-corrected chi connectivity index (χ1v) is 7.69. The van der Waals surface area contributed by atoms with Crippen molar-refractivity contribution in [3.05, 3.63) is 63.8 Å². The molecule has 0 saturated heterocycles. The first-order chi connectivity index (χ1) is 12.2. The second kappa shape index (κ2) is 6.56. The lowest BCUT2D eigenvalue weighted by atomic mass is 10.1. The maximum atomic E-state index is 13.1.